The van der Waals surface area contributed by atoms with Crippen molar-refractivity contribution in [2.75, 3.05) is 31.4 Å². The summed E-state index contributed by atoms with van der Waals surface area (Å²) in [5.41, 5.74) is 3.98. The Kier molecular flexibility index (Phi) is 8.07. The van der Waals surface area contributed by atoms with Crippen molar-refractivity contribution in [2.24, 2.45) is 0 Å². The number of aromatic nitrogens is 3. The summed E-state index contributed by atoms with van der Waals surface area (Å²) in [7, 11) is 5.53. The summed E-state index contributed by atoms with van der Waals surface area (Å²) < 4.78 is 6.87. The van der Waals surface area contributed by atoms with Crippen LogP contribution in [0.2, 0.25) is 0 Å². The maximum Gasteiger partial charge on any atom is 0.252 e. The van der Waals surface area contributed by atoms with Crippen LogP contribution in [0, 0.1) is 0 Å². The molecule has 1 atom stereocenters. The highest BCUT2D eigenvalue weighted by Gasteiger charge is 2.33. The molecule has 10 heteroatoms. The van der Waals surface area contributed by atoms with Crippen LogP contribution in [-0.4, -0.2) is 52.9 Å². The normalized spacial score (nSPS) is 11.7. The zero-order chi connectivity index (χ0) is 28.1. The van der Waals surface area contributed by atoms with E-state index in [1.54, 1.807) is 16.7 Å². The second-order valence-electron chi connectivity index (χ2n) is 9.45. The van der Waals surface area contributed by atoms with E-state index in [1.165, 1.54) is 11.3 Å². The van der Waals surface area contributed by atoms with E-state index in [9.17, 15) is 9.59 Å². The quantitative estimate of drug-likeness (QED) is 0.262. The highest BCUT2D eigenvalue weighted by Crippen LogP contribution is 2.30. The Morgan fingerprint density at radius 3 is 2.40 bits per heavy atom. The van der Waals surface area contributed by atoms with Crippen LogP contribution in [0.4, 0.5) is 11.4 Å². The summed E-state index contributed by atoms with van der Waals surface area (Å²) in [6.45, 7) is 0.147. The highest BCUT2D eigenvalue weighted by atomic mass is 32.1. The van der Waals surface area contributed by atoms with Gasteiger partial charge in [-0.15, -0.1) is 16.4 Å². The third-order valence-electron chi connectivity index (χ3n) is 6.56. The molecule has 0 aliphatic heterocycles. The first-order valence-corrected chi connectivity index (χ1v) is 13.6. The number of thiophene rings is 1. The van der Waals surface area contributed by atoms with Gasteiger partial charge in [0, 0.05) is 36.9 Å². The number of carbonyl (C=O) groups excluding carboxylic acids is 2. The molecular formula is C30H30N6O3S. The molecular weight excluding hydrogens is 524 g/mol. The molecule has 0 bridgehead atoms. The molecule has 3 aromatic carbocycles. The first-order chi connectivity index (χ1) is 19.4. The maximum absolute atomic E-state index is 14.0. The lowest BCUT2D eigenvalue weighted by atomic mass is 10.1. The van der Waals surface area contributed by atoms with Gasteiger partial charge in [0.05, 0.1) is 12.6 Å². The lowest BCUT2D eigenvalue weighted by Gasteiger charge is -2.31. The van der Waals surface area contributed by atoms with Crippen molar-refractivity contribution in [2.45, 2.75) is 19.1 Å². The van der Waals surface area contributed by atoms with Gasteiger partial charge in [0.15, 0.2) is 0 Å². The molecule has 0 radical (unpaired) electrons. The van der Waals surface area contributed by atoms with E-state index in [4.69, 9.17) is 4.74 Å². The summed E-state index contributed by atoms with van der Waals surface area (Å²) in [6, 6.07) is 25.4. The molecule has 0 saturated carbocycles. The van der Waals surface area contributed by atoms with Gasteiger partial charge in [-0.1, -0.05) is 35.5 Å². The van der Waals surface area contributed by atoms with Gasteiger partial charge in [-0.25, -0.2) is 4.68 Å². The topological polar surface area (TPSA) is 92.6 Å². The van der Waals surface area contributed by atoms with Gasteiger partial charge in [0.2, 0.25) is 5.91 Å². The molecule has 0 aliphatic carbocycles. The Hall–Kier alpha value is -4.70. The molecule has 9 nitrogen and oxygen atoms in total. The molecule has 5 rings (SSSR count). The molecule has 2 heterocycles. The zero-order valence-electron chi connectivity index (χ0n) is 22.5. The number of para-hydroxylation sites is 1. The van der Waals surface area contributed by atoms with E-state index in [1.807, 2.05) is 109 Å². The molecule has 0 saturated heterocycles. The molecule has 2 amide bonds. The Morgan fingerprint density at radius 2 is 1.73 bits per heavy atom. The minimum atomic E-state index is -0.863. The van der Waals surface area contributed by atoms with Crippen LogP contribution < -0.4 is 15.0 Å². The molecule has 5 aromatic rings. The largest absolute Gasteiger partial charge is 0.497 e. The molecule has 0 spiro atoms. The van der Waals surface area contributed by atoms with E-state index >= 15 is 0 Å². The monoisotopic (exact) mass is 554 g/mol. The number of ether oxygens (including phenoxy) is 1. The number of fused-ring (bicyclic) bond motifs is 1. The fourth-order valence-electron chi connectivity index (χ4n) is 4.43. The van der Waals surface area contributed by atoms with Gasteiger partial charge in [-0.2, -0.15) is 0 Å². The van der Waals surface area contributed by atoms with Gasteiger partial charge in [-0.05, 0) is 65.5 Å². The van der Waals surface area contributed by atoms with Crippen LogP contribution in [0.5, 0.6) is 5.75 Å². The van der Waals surface area contributed by atoms with Gasteiger partial charge >= 0.3 is 0 Å². The first kappa shape index (κ1) is 26.9. The van der Waals surface area contributed by atoms with Crippen LogP contribution in [-0.2, 0) is 22.7 Å². The standard InChI is InChI=1S/C30H30N6O3S/c1-34(2)23-14-12-22(13-15-23)31-30(38)29(27-9-6-18-40-27)35(19-21-10-16-24(39-3)17-11-21)28(37)20-36-26-8-5-4-7-25(26)32-33-36/h4-18,29H,19-20H2,1-3H3,(H,31,38)/t29-/m0/s1. The number of hydrogen-bond donors (Lipinski definition) is 1. The van der Waals surface area contributed by atoms with E-state index in [-0.39, 0.29) is 24.9 Å². The van der Waals surface area contributed by atoms with Crippen molar-refractivity contribution in [1.82, 2.24) is 19.9 Å². The minimum absolute atomic E-state index is 0.0661. The number of amides is 2. The van der Waals surface area contributed by atoms with Crippen molar-refractivity contribution in [3.63, 3.8) is 0 Å². The van der Waals surface area contributed by atoms with Crippen molar-refractivity contribution in [3.05, 3.63) is 101 Å². The molecule has 1 N–H and O–H groups in total. The number of hydrogen-bond acceptors (Lipinski definition) is 7. The first-order valence-electron chi connectivity index (χ1n) is 12.7. The van der Waals surface area contributed by atoms with E-state index in [0.717, 1.165) is 21.6 Å². The Morgan fingerprint density at radius 1 is 0.975 bits per heavy atom. The van der Waals surface area contributed by atoms with Gasteiger partial charge in [0.25, 0.3) is 5.91 Å². The fourth-order valence-corrected chi connectivity index (χ4v) is 5.26. The average Bonchev–Trinajstić information content (AvgIpc) is 3.64. The summed E-state index contributed by atoms with van der Waals surface area (Å²) in [5, 5.41) is 13.3. The summed E-state index contributed by atoms with van der Waals surface area (Å²) in [4.78, 5) is 32.3. The average molecular weight is 555 g/mol. The maximum atomic E-state index is 14.0. The third kappa shape index (κ3) is 5.97. The molecule has 204 valence electrons. The van der Waals surface area contributed by atoms with E-state index < -0.39 is 6.04 Å². The number of methoxy groups -OCH3 is 1. The third-order valence-corrected chi connectivity index (χ3v) is 7.49. The second kappa shape index (κ2) is 12.0. The van der Waals surface area contributed by atoms with Crippen LogP contribution in [0.1, 0.15) is 16.5 Å². The Bertz CT molecular complexity index is 1580. The fraction of sp³-hybridized carbons (Fsp3) is 0.200. The second-order valence-corrected chi connectivity index (χ2v) is 10.4. The predicted octanol–water partition coefficient (Wildman–Crippen LogP) is 4.98. The molecule has 0 fully saturated rings. The summed E-state index contributed by atoms with van der Waals surface area (Å²) >= 11 is 1.43. The number of nitrogens with zero attached hydrogens (tertiary/aromatic N) is 5. The SMILES string of the molecule is COc1ccc(CN(C(=O)Cn2nnc3ccccc32)[C@H](C(=O)Nc2ccc(N(C)C)cc2)c2cccs2)cc1. The van der Waals surface area contributed by atoms with E-state index in [0.29, 0.717) is 17.0 Å². The van der Waals surface area contributed by atoms with E-state index in [2.05, 4.69) is 15.6 Å². The Labute approximate surface area is 236 Å². The molecule has 2 aromatic heterocycles. The van der Waals surface area contributed by atoms with Gasteiger partial charge in [0.1, 0.15) is 23.9 Å². The van der Waals surface area contributed by atoms with Crippen LogP contribution >= 0.6 is 11.3 Å². The number of nitrogens with one attached hydrogen (secondary N) is 1. The number of benzene rings is 3. The predicted molar refractivity (Wildman–Crippen MR) is 158 cm³/mol. The minimum Gasteiger partial charge on any atom is -0.497 e. The van der Waals surface area contributed by atoms with Crippen molar-refractivity contribution in [1.29, 1.82) is 0 Å². The van der Waals surface area contributed by atoms with Gasteiger partial charge < -0.3 is 19.9 Å². The molecule has 40 heavy (non-hydrogen) atoms. The number of anilines is 2. The number of carbonyl (C=O) groups is 2. The number of rotatable bonds is 10. The van der Waals surface area contributed by atoms with Gasteiger partial charge in [-0.3, -0.25) is 9.59 Å². The summed E-state index contributed by atoms with van der Waals surface area (Å²) in [6.07, 6.45) is 0. The molecule has 0 aliphatic rings. The van der Waals surface area contributed by atoms with Crippen molar-refractivity contribution in [3.8, 4) is 5.75 Å². The lowest BCUT2D eigenvalue weighted by Crippen LogP contribution is -2.42. The Balaban J connectivity index is 1.49. The van der Waals surface area contributed by atoms with Crippen molar-refractivity contribution < 1.29 is 14.3 Å². The molecule has 0 unspecified atom stereocenters. The van der Waals surface area contributed by atoms with Crippen LogP contribution in [0.3, 0.4) is 0 Å². The summed E-state index contributed by atoms with van der Waals surface area (Å²) in [5.74, 6) is 0.151. The highest BCUT2D eigenvalue weighted by molar-refractivity contribution is 7.10. The lowest BCUT2D eigenvalue weighted by molar-refractivity contribution is -0.140. The van der Waals surface area contributed by atoms with Crippen LogP contribution in [0.25, 0.3) is 11.0 Å². The van der Waals surface area contributed by atoms with Crippen molar-refractivity contribution >= 4 is 45.6 Å². The van der Waals surface area contributed by atoms with Crippen LogP contribution in [0.15, 0.2) is 90.3 Å². The smallest absolute Gasteiger partial charge is 0.252 e. The zero-order valence-corrected chi connectivity index (χ0v) is 23.3.